The van der Waals surface area contributed by atoms with Gasteiger partial charge in [-0.15, -0.1) is 0 Å². The van der Waals surface area contributed by atoms with Crippen molar-refractivity contribution in [2.45, 2.75) is 19.9 Å². The minimum atomic E-state index is -0.0857. The molecule has 0 fully saturated rings. The molecular formula is C14H13ClN4O. The summed E-state index contributed by atoms with van der Waals surface area (Å²) < 4.78 is 5.51. The van der Waals surface area contributed by atoms with Gasteiger partial charge in [-0.05, 0) is 32.0 Å². The summed E-state index contributed by atoms with van der Waals surface area (Å²) in [5, 5.41) is 4.84. The van der Waals surface area contributed by atoms with Crippen LogP contribution in [-0.2, 0) is 0 Å². The van der Waals surface area contributed by atoms with Crippen molar-refractivity contribution >= 4 is 28.3 Å². The molecule has 1 aromatic carbocycles. The van der Waals surface area contributed by atoms with Gasteiger partial charge in [0.15, 0.2) is 0 Å². The second kappa shape index (κ2) is 5.09. The van der Waals surface area contributed by atoms with E-state index in [-0.39, 0.29) is 6.04 Å². The number of benzene rings is 1. The second-order valence-electron chi connectivity index (χ2n) is 4.56. The molecule has 0 radical (unpaired) electrons. The zero-order valence-corrected chi connectivity index (χ0v) is 11.8. The van der Waals surface area contributed by atoms with Gasteiger partial charge >= 0.3 is 0 Å². The van der Waals surface area contributed by atoms with Gasteiger partial charge in [0.2, 0.25) is 5.89 Å². The van der Waals surface area contributed by atoms with Gasteiger partial charge in [-0.3, -0.25) is 0 Å². The van der Waals surface area contributed by atoms with Crippen LogP contribution in [0.3, 0.4) is 0 Å². The molecule has 0 amide bonds. The first-order valence-electron chi connectivity index (χ1n) is 6.22. The lowest BCUT2D eigenvalue weighted by molar-refractivity contribution is 0.453. The highest BCUT2D eigenvalue weighted by molar-refractivity contribution is 6.31. The van der Waals surface area contributed by atoms with Crippen LogP contribution in [0.15, 0.2) is 35.1 Å². The van der Waals surface area contributed by atoms with Crippen LogP contribution in [0.4, 0.5) is 5.82 Å². The van der Waals surface area contributed by atoms with Crippen molar-refractivity contribution < 1.29 is 4.42 Å². The lowest BCUT2D eigenvalue weighted by atomic mass is 10.2. The van der Waals surface area contributed by atoms with Crippen molar-refractivity contribution in [3.8, 4) is 0 Å². The lowest BCUT2D eigenvalue weighted by Crippen LogP contribution is -2.08. The minimum Gasteiger partial charge on any atom is -0.444 e. The number of halogens is 1. The SMILES string of the molecule is Cc1cnc(C(C)Nc2ncnc3cc(Cl)ccc23)o1. The summed E-state index contributed by atoms with van der Waals surface area (Å²) in [6.07, 6.45) is 3.21. The van der Waals surface area contributed by atoms with Crippen molar-refractivity contribution in [2.24, 2.45) is 0 Å². The monoisotopic (exact) mass is 288 g/mol. The molecule has 5 nitrogen and oxygen atoms in total. The van der Waals surface area contributed by atoms with Gasteiger partial charge in [-0.1, -0.05) is 11.6 Å². The van der Waals surface area contributed by atoms with Gasteiger partial charge in [0.25, 0.3) is 0 Å². The number of fused-ring (bicyclic) bond motifs is 1. The number of nitrogens with one attached hydrogen (secondary N) is 1. The standard InChI is InChI=1S/C14H13ClN4O/c1-8-6-16-14(20-8)9(2)19-13-11-4-3-10(15)5-12(11)17-7-18-13/h3-7,9H,1-2H3,(H,17,18,19). The van der Waals surface area contributed by atoms with Gasteiger partial charge in [0.05, 0.1) is 11.7 Å². The van der Waals surface area contributed by atoms with E-state index in [1.807, 2.05) is 32.0 Å². The van der Waals surface area contributed by atoms with Crippen LogP contribution in [-0.4, -0.2) is 15.0 Å². The summed E-state index contributed by atoms with van der Waals surface area (Å²) in [5.41, 5.74) is 0.797. The van der Waals surface area contributed by atoms with E-state index in [1.165, 1.54) is 6.33 Å². The molecule has 0 aliphatic carbocycles. The number of anilines is 1. The molecule has 3 aromatic rings. The van der Waals surface area contributed by atoms with E-state index in [9.17, 15) is 0 Å². The van der Waals surface area contributed by atoms with E-state index in [4.69, 9.17) is 16.0 Å². The zero-order chi connectivity index (χ0) is 14.1. The Kier molecular flexibility index (Phi) is 3.28. The van der Waals surface area contributed by atoms with E-state index < -0.39 is 0 Å². The maximum absolute atomic E-state index is 5.97. The maximum atomic E-state index is 5.97. The Morgan fingerprint density at radius 3 is 2.85 bits per heavy atom. The van der Waals surface area contributed by atoms with E-state index in [1.54, 1.807) is 6.20 Å². The van der Waals surface area contributed by atoms with Crippen molar-refractivity contribution in [2.75, 3.05) is 5.32 Å². The van der Waals surface area contributed by atoms with E-state index in [0.29, 0.717) is 10.9 Å². The quantitative estimate of drug-likeness (QED) is 0.795. The first kappa shape index (κ1) is 12.9. The fourth-order valence-electron chi connectivity index (χ4n) is 1.98. The van der Waals surface area contributed by atoms with E-state index in [0.717, 1.165) is 22.5 Å². The highest BCUT2D eigenvalue weighted by Gasteiger charge is 2.13. The topological polar surface area (TPSA) is 63.8 Å². The molecule has 0 aliphatic rings. The first-order chi connectivity index (χ1) is 9.63. The summed E-state index contributed by atoms with van der Waals surface area (Å²) in [7, 11) is 0. The third kappa shape index (κ3) is 2.44. The summed E-state index contributed by atoms with van der Waals surface area (Å²) in [6, 6.07) is 5.44. The van der Waals surface area contributed by atoms with Crippen LogP contribution in [0.25, 0.3) is 10.9 Å². The van der Waals surface area contributed by atoms with Crippen molar-refractivity contribution in [3.05, 3.63) is 47.4 Å². The molecule has 1 N–H and O–H groups in total. The molecule has 1 atom stereocenters. The first-order valence-corrected chi connectivity index (χ1v) is 6.60. The van der Waals surface area contributed by atoms with Crippen LogP contribution >= 0.6 is 11.6 Å². The number of aryl methyl sites for hydroxylation is 1. The molecule has 20 heavy (non-hydrogen) atoms. The molecule has 0 aliphatic heterocycles. The summed E-state index contributed by atoms with van der Waals surface area (Å²) in [5.74, 6) is 2.14. The third-order valence-corrected chi connectivity index (χ3v) is 3.20. The molecule has 2 heterocycles. The molecular weight excluding hydrogens is 276 g/mol. The zero-order valence-electron chi connectivity index (χ0n) is 11.1. The third-order valence-electron chi connectivity index (χ3n) is 2.96. The molecule has 0 spiro atoms. The normalized spacial score (nSPS) is 12.6. The Hall–Kier alpha value is -2.14. The van der Waals surface area contributed by atoms with E-state index >= 15 is 0 Å². The maximum Gasteiger partial charge on any atom is 0.216 e. The van der Waals surface area contributed by atoms with Crippen LogP contribution < -0.4 is 5.32 Å². The van der Waals surface area contributed by atoms with Gasteiger partial charge in [0, 0.05) is 10.4 Å². The van der Waals surface area contributed by atoms with Gasteiger partial charge < -0.3 is 9.73 Å². The Bertz CT molecular complexity index is 756. The van der Waals surface area contributed by atoms with Crippen LogP contribution in [0, 0.1) is 6.92 Å². The average molecular weight is 289 g/mol. The lowest BCUT2D eigenvalue weighted by Gasteiger charge is -2.12. The Balaban J connectivity index is 1.94. The van der Waals surface area contributed by atoms with Crippen molar-refractivity contribution in [3.63, 3.8) is 0 Å². The molecule has 3 rings (SSSR count). The minimum absolute atomic E-state index is 0.0857. The largest absolute Gasteiger partial charge is 0.444 e. The predicted octanol–water partition coefficient (Wildman–Crippen LogP) is 3.75. The number of oxazole rings is 1. The van der Waals surface area contributed by atoms with Gasteiger partial charge in [0.1, 0.15) is 23.9 Å². The smallest absolute Gasteiger partial charge is 0.216 e. The molecule has 6 heteroatoms. The molecule has 0 saturated carbocycles. The molecule has 2 aromatic heterocycles. The number of aromatic nitrogens is 3. The number of rotatable bonds is 3. The fourth-order valence-corrected chi connectivity index (χ4v) is 2.15. The number of hydrogen-bond acceptors (Lipinski definition) is 5. The Morgan fingerprint density at radius 1 is 1.25 bits per heavy atom. The van der Waals surface area contributed by atoms with Crippen LogP contribution in [0.2, 0.25) is 5.02 Å². The molecule has 102 valence electrons. The summed E-state index contributed by atoms with van der Waals surface area (Å²) >= 11 is 5.97. The van der Waals surface area contributed by atoms with Crippen LogP contribution in [0.5, 0.6) is 0 Å². The summed E-state index contributed by atoms with van der Waals surface area (Å²) in [4.78, 5) is 12.7. The molecule has 0 saturated heterocycles. The molecule has 1 unspecified atom stereocenters. The number of hydrogen-bond donors (Lipinski definition) is 1. The van der Waals surface area contributed by atoms with Crippen molar-refractivity contribution in [1.82, 2.24) is 15.0 Å². The Labute approximate surface area is 121 Å². The highest BCUT2D eigenvalue weighted by atomic mass is 35.5. The fraction of sp³-hybridized carbons (Fsp3) is 0.214. The van der Waals surface area contributed by atoms with Gasteiger partial charge in [-0.2, -0.15) is 0 Å². The predicted molar refractivity (Wildman–Crippen MR) is 77.8 cm³/mol. The van der Waals surface area contributed by atoms with Crippen LogP contribution in [0.1, 0.15) is 24.6 Å². The number of nitrogens with zero attached hydrogens (tertiary/aromatic N) is 3. The van der Waals surface area contributed by atoms with E-state index in [2.05, 4.69) is 20.3 Å². The Morgan fingerprint density at radius 2 is 2.10 bits per heavy atom. The average Bonchev–Trinajstić information content (AvgIpc) is 2.85. The van der Waals surface area contributed by atoms with Crippen molar-refractivity contribution in [1.29, 1.82) is 0 Å². The highest BCUT2D eigenvalue weighted by Crippen LogP contribution is 2.25. The second-order valence-corrected chi connectivity index (χ2v) is 5.00. The van der Waals surface area contributed by atoms with Gasteiger partial charge in [-0.25, -0.2) is 15.0 Å². The summed E-state index contributed by atoms with van der Waals surface area (Å²) in [6.45, 7) is 3.83. The molecule has 0 bridgehead atoms.